The minimum absolute atomic E-state index is 0.0285. The van der Waals surface area contributed by atoms with E-state index in [9.17, 15) is 13.2 Å². The number of aryl methyl sites for hydroxylation is 1. The van der Waals surface area contributed by atoms with Crippen LogP contribution in [0.15, 0.2) is 23.1 Å². The second-order valence-corrected chi connectivity index (χ2v) is 8.53. The molecule has 1 fully saturated rings. The van der Waals surface area contributed by atoms with E-state index in [1.165, 1.54) is 10.4 Å². The molecule has 0 aromatic heterocycles. The molecule has 5 nitrogen and oxygen atoms in total. The zero-order valence-corrected chi connectivity index (χ0v) is 15.1. The average molecular weight is 338 g/mol. The van der Waals surface area contributed by atoms with E-state index in [1.807, 2.05) is 27.7 Å². The van der Waals surface area contributed by atoms with Gasteiger partial charge < -0.3 is 5.32 Å². The van der Waals surface area contributed by atoms with Crippen molar-refractivity contribution in [3.05, 3.63) is 29.3 Å². The van der Waals surface area contributed by atoms with Gasteiger partial charge >= 0.3 is 0 Å². The maximum atomic E-state index is 12.6. The molecule has 0 radical (unpaired) electrons. The van der Waals surface area contributed by atoms with Gasteiger partial charge in [-0.1, -0.05) is 19.9 Å². The number of sulfonamides is 1. The predicted molar refractivity (Wildman–Crippen MR) is 90.9 cm³/mol. The highest BCUT2D eigenvalue weighted by Gasteiger charge is 2.28. The molecule has 0 aliphatic carbocycles. The molecule has 1 atom stereocenters. The molecule has 1 aliphatic heterocycles. The molecule has 1 heterocycles. The molecule has 128 valence electrons. The van der Waals surface area contributed by atoms with Crippen LogP contribution in [0.3, 0.4) is 0 Å². The molecule has 0 unspecified atom stereocenters. The first-order valence-corrected chi connectivity index (χ1v) is 9.59. The Balaban J connectivity index is 2.30. The van der Waals surface area contributed by atoms with Crippen molar-refractivity contribution in [3.8, 4) is 0 Å². The molecular formula is C17H26N2O3S. The fraction of sp³-hybridized carbons (Fsp3) is 0.588. The highest BCUT2D eigenvalue weighted by atomic mass is 32.2. The summed E-state index contributed by atoms with van der Waals surface area (Å²) in [6.45, 7) is 8.95. The van der Waals surface area contributed by atoms with Gasteiger partial charge in [0.15, 0.2) is 0 Å². The second kappa shape index (κ2) is 7.01. The summed E-state index contributed by atoms with van der Waals surface area (Å²) in [6.07, 6.45) is 1.79. The molecule has 1 saturated heterocycles. The first-order chi connectivity index (χ1) is 10.7. The molecule has 6 heteroatoms. The zero-order valence-electron chi connectivity index (χ0n) is 14.3. The number of rotatable bonds is 5. The number of nitrogens with one attached hydrogen (secondary N) is 1. The zero-order chi connectivity index (χ0) is 17.2. The van der Waals surface area contributed by atoms with E-state index in [1.54, 1.807) is 12.1 Å². The molecule has 0 saturated carbocycles. The predicted octanol–water partition coefficient (Wildman–Crippen LogP) is 2.55. The first kappa shape index (κ1) is 17.9. The number of carbonyl (C=O) groups is 1. The van der Waals surface area contributed by atoms with E-state index in [4.69, 9.17) is 0 Å². The molecule has 1 N–H and O–H groups in total. The molecule has 1 aliphatic rings. The number of hydrogen-bond donors (Lipinski definition) is 1. The third-order valence-corrected chi connectivity index (χ3v) is 6.41. The minimum atomic E-state index is -3.50. The molecular weight excluding hydrogens is 312 g/mol. The van der Waals surface area contributed by atoms with E-state index >= 15 is 0 Å². The molecule has 0 bridgehead atoms. The van der Waals surface area contributed by atoms with Crippen LogP contribution >= 0.6 is 0 Å². The van der Waals surface area contributed by atoms with E-state index in [-0.39, 0.29) is 16.8 Å². The lowest BCUT2D eigenvalue weighted by Gasteiger charge is -2.19. The number of nitrogens with zero attached hydrogens (tertiary/aromatic N) is 1. The van der Waals surface area contributed by atoms with Crippen LogP contribution < -0.4 is 5.32 Å². The smallest absolute Gasteiger partial charge is 0.251 e. The second-order valence-electron chi connectivity index (χ2n) is 6.59. The van der Waals surface area contributed by atoms with Crippen molar-refractivity contribution in [1.29, 1.82) is 0 Å². The van der Waals surface area contributed by atoms with Gasteiger partial charge in [0.05, 0.1) is 4.90 Å². The summed E-state index contributed by atoms with van der Waals surface area (Å²) in [5.41, 5.74) is 1.21. The van der Waals surface area contributed by atoms with Crippen LogP contribution in [0, 0.1) is 12.8 Å². The van der Waals surface area contributed by atoms with Gasteiger partial charge in [-0.05, 0) is 50.3 Å². The molecule has 1 aromatic carbocycles. The Hall–Kier alpha value is -1.40. The quantitative estimate of drug-likeness (QED) is 0.897. The molecule has 23 heavy (non-hydrogen) atoms. The van der Waals surface area contributed by atoms with Crippen LogP contribution in [0.4, 0.5) is 0 Å². The minimum Gasteiger partial charge on any atom is -0.349 e. The van der Waals surface area contributed by atoms with Crippen LogP contribution in [-0.2, 0) is 10.0 Å². The van der Waals surface area contributed by atoms with Crippen LogP contribution in [0.2, 0.25) is 0 Å². The Morgan fingerprint density at radius 2 is 1.78 bits per heavy atom. The van der Waals surface area contributed by atoms with Crippen LogP contribution in [0.1, 0.15) is 49.5 Å². The molecule has 2 rings (SSSR count). The maximum Gasteiger partial charge on any atom is 0.251 e. The molecule has 1 amide bonds. The van der Waals surface area contributed by atoms with Gasteiger partial charge in [0.2, 0.25) is 10.0 Å². The Labute approximate surface area is 139 Å². The number of benzene rings is 1. The standard InChI is InChI=1S/C17H26N2O3S/c1-12(2)14(4)18-17(20)16-11-15(8-7-13(16)3)23(21,22)19-9-5-6-10-19/h7-8,11-12,14H,5-6,9-10H2,1-4H3,(H,18,20)/t14-/m0/s1. The summed E-state index contributed by atoms with van der Waals surface area (Å²) < 4.78 is 26.8. The van der Waals surface area contributed by atoms with Crippen molar-refractivity contribution in [1.82, 2.24) is 9.62 Å². The Morgan fingerprint density at radius 3 is 2.35 bits per heavy atom. The van der Waals surface area contributed by atoms with Gasteiger partial charge in [-0.25, -0.2) is 8.42 Å². The fourth-order valence-corrected chi connectivity index (χ4v) is 4.08. The van der Waals surface area contributed by atoms with Crippen LogP contribution in [-0.4, -0.2) is 37.8 Å². The van der Waals surface area contributed by atoms with Gasteiger partial charge in [0.25, 0.3) is 5.91 Å². The van der Waals surface area contributed by atoms with Crippen molar-refractivity contribution in [3.63, 3.8) is 0 Å². The Kier molecular flexibility index (Phi) is 5.47. The van der Waals surface area contributed by atoms with Gasteiger partial charge in [-0.3, -0.25) is 4.79 Å². The number of amides is 1. The van der Waals surface area contributed by atoms with Crippen molar-refractivity contribution in [2.45, 2.75) is 51.5 Å². The van der Waals surface area contributed by atoms with Crippen molar-refractivity contribution in [2.24, 2.45) is 5.92 Å². The van der Waals surface area contributed by atoms with Crippen molar-refractivity contribution < 1.29 is 13.2 Å². The normalized spacial score (nSPS) is 17.4. The monoisotopic (exact) mass is 338 g/mol. The van der Waals surface area contributed by atoms with Crippen molar-refractivity contribution in [2.75, 3.05) is 13.1 Å². The Morgan fingerprint density at radius 1 is 1.17 bits per heavy atom. The lowest BCUT2D eigenvalue weighted by atomic mass is 10.0. The summed E-state index contributed by atoms with van der Waals surface area (Å²) in [4.78, 5) is 12.7. The van der Waals surface area contributed by atoms with Gasteiger partial charge in [0, 0.05) is 24.7 Å². The van der Waals surface area contributed by atoms with Crippen LogP contribution in [0.25, 0.3) is 0 Å². The van der Waals surface area contributed by atoms with E-state index in [0.29, 0.717) is 24.6 Å². The fourth-order valence-electron chi connectivity index (χ4n) is 2.53. The van der Waals surface area contributed by atoms with E-state index in [0.717, 1.165) is 18.4 Å². The number of hydrogen-bond acceptors (Lipinski definition) is 3. The van der Waals surface area contributed by atoms with Gasteiger partial charge in [0.1, 0.15) is 0 Å². The first-order valence-electron chi connectivity index (χ1n) is 8.15. The largest absolute Gasteiger partial charge is 0.349 e. The van der Waals surface area contributed by atoms with Crippen molar-refractivity contribution >= 4 is 15.9 Å². The Bertz CT molecular complexity index is 677. The third kappa shape index (κ3) is 3.93. The summed E-state index contributed by atoms with van der Waals surface area (Å²) in [5.74, 6) is 0.0953. The van der Waals surface area contributed by atoms with E-state index in [2.05, 4.69) is 5.32 Å². The summed E-state index contributed by atoms with van der Waals surface area (Å²) in [7, 11) is -3.50. The average Bonchev–Trinajstić information content (AvgIpc) is 3.02. The maximum absolute atomic E-state index is 12.6. The topological polar surface area (TPSA) is 66.5 Å². The highest BCUT2D eigenvalue weighted by molar-refractivity contribution is 7.89. The molecule has 1 aromatic rings. The summed E-state index contributed by atoms with van der Waals surface area (Å²) >= 11 is 0. The molecule has 0 spiro atoms. The lowest BCUT2D eigenvalue weighted by molar-refractivity contribution is 0.0929. The van der Waals surface area contributed by atoms with E-state index < -0.39 is 10.0 Å². The van der Waals surface area contributed by atoms with Gasteiger partial charge in [-0.15, -0.1) is 0 Å². The lowest BCUT2D eigenvalue weighted by Crippen LogP contribution is -2.36. The summed E-state index contributed by atoms with van der Waals surface area (Å²) in [6, 6.07) is 4.83. The summed E-state index contributed by atoms with van der Waals surface area (Å²) in [5, 5.41) is 2.94. The number of carbonyl (C=O) groups excluding carboxylic acids is 1. The highest BCUT2D eigenvalue weighted by Crippen LogP contribution is 2.23. The van der Waals surface area contributed by atoms with Crippen LogP contribution in [0.5, 0.6) is 0 Å². The van der Waals surface area contributed by atoms with Gasteiger partial charge in [-0.2, -0.15) is 4.31 Å². The third-order valence-electron chi connectivity index (χ3n) is 4.52. The SMILES string of the molecule is Cc1ccc(S(=O)(=O)N2CCCC2)cc1C(=O)N[C@@H](C)C(C)C.